The van der Waals surface area contributed by atoms with Crippen molar-refractivity contribution >= 4 is 0 Å². The maximum atomic E-state index is 4.57. The van der Waals surface area contributed by atoms with Crippen molar-refractivity contribution in [2.45, 2.75) is 45.1 Å². The molecule has 3 aliphatic carbocycles. The van der Waals surface area contributed by atoms with E-state index in [0.717, 1.165) is 23.6 Å². The second kappa shape index (κ2) is 3.11. The molecule has 1 atom stereocenters. The number of fused-ring (bicyclic) bond motifs is 3. The third kappa shape index (κ3) is 1.28. The molecule has 1 heterocycles. The summed E-state index contributed by atoms with van der Waals surface area (Å²) in [6, 6.07) is 2.85. The first-order chi connectivity index (χ1) is 6.83. The lowest BCUT2D eigenvalue weighted by atomic mass is 9.68. The van der Waals surface area contributed by atoms with Crippen LogP contribution in [0.1, 0.15) is 43.8 Å². The van der Waals surface area contributed by atoms with Crippen molar-refractivity contribution in [2.24, 2.45) is 11.8 Å². The van der Waals surface area contributed by atoms with Crippen molar-refractivity contribution in [3.63, 3.8) is 0 Å². The summed E-state index contributed by atoms with van der Waals surface area (Å²) in [5, 5.41) is 4.57. The van der Waals surface area contributed by atoms with Crippen molar-refractivity contribution in [3.8, 4) is 0 Å². The van der Waals surface area contributed by atoms with Gasteiger partial charge in [-0.25, -0.2) is 0 Å². The predicted octanol–water partition coefficient (Wildman–Crippen LogP) is 2.94. The zero-order valence-electron chi connectivity index (χ0n) is 8.82. The van der Waals surface area contributed by atoms with Crippen LogP contribution in [0.4, 0.5) is 0 Å². The van der Waals surface area contributed by atoms with Crippen LogP contribution in [0.3, 0.4) is 0 Å². The van der Waals surface area contributed by atoms with Gasteiger partial charge in [0.1, 0.15) is 0 Å². The van der Waals surface area contributed by atoms with Crippen LogP contribution in [-0.4, -0.2) is 9.78 Å². The van der Waals surface area contributed by atoms with Crippen molar-refractivity contribution in [2.75, 3.05) is 0 Å². The lowest BCUT2D eigenvalue weighted by molar-refractivity contribution is 0.0970. The van der Waals surface area contributed by atoms with E-state index in [9.17, 15) is 0 Å². The molecule has 3 aliphatic rings. The molecule has 2 bridgehead atoms. The zero-order valence-corrected chi connectivity index (χ0v) is 8.82. The molecule has 0 aromatic carbocycles. The van der Waals surface area contributed by atoms with E-state index in [-0.39, 0.29) is 0 Å². The average Bonchev–Trinajstić information content (AvgIpc) is 2.66. The average molecular weight is 190 g/mol. The molecule has 76 valence electrons. The SMILES string of the molecule is Cc1ccn(C2CC3CCC2CC3)n1. The second-order valence-electron chi connectivity index (χ2n) is 5.02. The van der Waals surface area contributed by atoms with Gasteiger partial charge in [-0.05, 0) is 44.1 Å². The smallest absolute Gasteiger partial charge is 0.0593 e. The molecule has 4 rings (SSSR count). The van der Waals surface area contributed by atoms with Crippen LogP contribution in [0.25, 0.3) is 0 Å². The van der Waals surface area contributed by atoms with Crippen LogP contribution < -0.4 is 0 Å². The van der Waals surface area contributed by atoms with E-state index in [0.29, 0.717) is 0 Å². The summed E-state index contributed by atoms with van der Waals surface area (Å²) in [5.41, 5.74) is 1.16. The van der Waals surface area contributed by atoms with Gasteiger partial charge in [0.2, 0.25) is 0 Å². The molecule has 0 spiro atoms. The van der Waals surface area contributed by atoms with Gasteiger partial charge in [-0.1, -0.05) is 12.8 Å². The van der Waals surface area contributed by atoms with Crippen molar-refractivity contribution in [1.82, 2.24) is 9.78 Å². The Morgan fingerprint density at radius 1 is 1.29 bits per heavy atom. The Balaban J connectivity index is 1.85. The summed E-state index contributed by atoms with van der Waals surface area (Å²) < 4.78 is 2.23. The summed E-state index contributed by atoms with van der Waals surface area (Å²) in [4.78, 5) is 0. The first kappa shape index (κ1) is 8.51. The zero-order chi connectivity index (χ0) is 9.54. The van der Waals surface area contributed by atoms with E-state index in [4.69, 9.17) is 0 Å². The number of hydrogen-bond donors (Lipinski definition) is 0. The molecular formula is C12H18N2. The molecular weight excluding hydrogens is 172 g/mol. The first-order valence-electron chi connectivity index (χ1n) is 5.84. The van der Waals surface area contributed by atoms with Crippen molar-refractivity contribution in [1.29, 1.82) is 0 Å². The number of nitrogens with zero attached hydrogens (tertiary/aromatic N) is 2. The molecule has 1 aromatic rings. The maximum Gasteiger partial charge on any atom is 0.0593 e. The highest BCUT2D eigenvalue weighted by Gasteiger charge is 2.36. The van der Waals surface area contributed by atoms with Gasteiger partial charge in [-0.15, -0.1) is 0 Å². The van der Waals surface area contributed by atoms with Crippen molar-refractivity contribution in [3.05, 3.63) is 18.0 Å². The fourth-order valence-electron chi connectivity index (χ4n) is 3.28. The number of hydrogen-bond acceptors (Lipinski definition) is 1. The summed E-state index contributed by atoms with van der Waals surface area (Å²) in [7, 11) is 0. The monoisotopic (exact) mass is 190 g/mol. The Bertz CT molecular complexity index is 321. The minimum absolute atomic E-state index is 0.719. The van der Waals surface area contributed by atoms with E-state index in [1.54, 1.807) is 0 Å². The molecule has 0 radical (unpaired) electrons. The van der Waals surface area contributed by atoms with Gasteiger partial charge in [0.05, 0.1) is 11.7 Å². The molecule has 0 N–H and O–H groups in total. The lowest BCUT2D eigenvalue weighted by Crippen LogP contribution is -2.33. The molecule has 1 aromatic heterocycles. The van der Waals surface area contributed by atoms with E-state index >= 15 is 0 Å². The minimum atomic E-state index is 0.719. The standard InChI is InChI=1S/C12H18N2/c1-9-6-7-14(13-9)12-8-10-2-4-11(12)5-3-10/h6-7,10-12H,2-5,8H2,1H3. The minimum Gasteiger partial charge on any atom is -0.269 e. The fraction of sp³-hybridized carbons (Fsp3) is 0.750. The van der Waals surface area contributed by atoms with Crippen LogP contribution >= 0.6 is 0 Å². The maximum absolute atomic E-state index is 4.57. The van der Waals surface area contributed by atoms with Gasteiger partial charge in [-0.3, -0.25) is 4.68 Å². The Kier molecular flexibility index (Phi) is 1.89. The van der Waals surface area contributed by atoms with E-state index in [2.05, 4.69) is 29.0 Å². The van der Waals surface area contributed by atoms with Crippen LogP contribution in [0.15, 0.2) is 12.3 Å². The summed E-state index contributed by atoms with van der Waals surface area (Å²) in [6.45, 7) is 2.08. The van der Waals surface area contributed by atoms with Crippen LogP contribution in [-0.2, 0) is 0 Å². The number of aromatic nitrogens is 2. The van der Waals surface area contributed by atoms with E-state index in [1.165, 1.54) is 32.1 Å². The van der Waals surface area contributed by atoms with Gasteiger partial charge in [0.25, 0.3) is 0 Å². The van der Waals surface area contributed by atoms with Gasteiger partial charge in [0, 0.05) is 6.20 Å². The molecule has 1 unspecified atom stereocenters. The normalized spacial score (nSPS) is 36.2. The molecule has 2 nitrogen and oxygen atoms in total. The van der Waals surface area contributed by atoms with Gasteiger partial charge in [0.15, 0.2) is 0 Å². The topological polar surface area (TPSA) is 17.8 Å². The largest absolute Gasteiger partial charge is 0.269 e. The Labute approximate surface area is 85.3 Å². The summed E-state index contributed by atoms with van der Waals surface area (Å²) in [6.07, 6.45) is 9.37. The molecule has 2 heteroatoms. The molecule has 3 fully saturated rings. The Morgan fingerprint density at radius 3 is 2.57 bits per heavy atom. The number of aryl methyl sites for hydroxylation is 1. The van der Waals surface area contributed by atoms with Crippen molar-refractivity contribution < 1.29 is 0 Å². The highest BCUT2D eigenvalue weighted by atomic mass is 15.3. The summed E-state index contributed by atoms with van der Waals surface area (Å²) >= 11 is 0. The molecule has 3 saturated carbocycles. The van der Waals surface area contributed by atoms with E-state index < -0.39 is 0 Å². The highest BCUT2D eigenvalue weighted by Crippen LogP contribution is 2.46. The predicted molar refractivity (Wildman–Crippen MR) is 56.1 cm³/mol. The van der Waals surface area contributed by atoms with Crippen LogP contribution in [0.5, 0.6) is 0 Å². The van der Waals surface area contributed by atoms with Gasteiger partial charge >= 0.3 is 0 Å². The quantitative estimate of drug-likeness (QED) is 0.665. The van der Waals surface area contributed by atoms with Gasteiger partial charge in [-0.2, -0.15) is 5.10 Å². The third-order valence-electron chi connectivity index (χ3n) is 4.09. The van der Waals surface area contributed by atoms with Crippen LogP contribution in [0, 0.1) is 18.8 Å². The lowest BCUT2D eigenvalue weighted by Gasteiger charge is -2.42. The third-order valence-corrected chi connectivity index (χ3v) is 4.09. The highest BCUT2D eigenvalue weighted by molar-refractivity contribution is 4.98. The Hall–Kier alpha value is -0.790. The Morgan fingerprint density at radius 2 is 2.07 bits per heavy atom. The molecule has 0 saturated heterocycles. The molecule has 14 heavy (non-hydrogen) atoms. The van der Waals surface area contributed by atoms with Gasteiger partial charge < -0.3 is 0 Å². The number of rotatable bonds is 1. The first-order valence-corrected chi connectivity index (χ1v) is 5.84. The fourth-order valence-corrected chi connectivity index (χ4v) is 3.28. The summed E-state index contributed by atoms with van der Waals surface area (Å²) in [5.74, 6) is 1.91. The molecule has 0 amide bonds. The second-order valence-corrected chi connectivity index (χ2v) is 5.02. The molecule has 0 aliphatic heterocycles. The van der Waals surface area contributed by atoms with Crippen LogP contribution in [0.2, 0.25) is 0 Å². The van der Waals surface area contributed by atoms with E-state index in [1.807, 2.05) is 0 Å².